The van der Waals surface area contributed by atoms with Crippen LogP contribution >= 0.6 is 0 Å². The minimum atomic E-state index is -0.555. The molecular formula is C11H19N5O2. The maximum atomic E-state index is 11.5. The van der Waals surface area contributed by atoms with Gasteiger partial charge in [0.05, 0.1) is 31.1 Å². The summed E-state index contributed by atoms with van der Waals surface area (Å²) in [6, 6.07) is 0. The van der Waals surface area contributed by atoms with Crippen LogP contribution in [0.3, 0.4) is 0 Å². The molecule has 1 aliphatic rings. The Morgan fingerprint density at radius 2 is 2.28 bits per heavy atom. The highest BCUT2D eigenvalue weighted by Crippen LogP contribution is 2.04. The van der Waals surface area contributed by atoms with E-state index in [9.17, 15) is 9.90 Å². The van der Waals surface area contributed by atoms with Crippen LogP contribution in [0.5, 0.6) is 0 Å². The Labute approximate surface area is 106 Å². The molecule has 18 heavy (non-hydrogen) atoms. The standard InChI is InChI=1S/C11H19N5O2/c1-14-2-3-15(8-11(14)18)6-10(17)7-16-5-9(12)4-13-16/h4-5,10,17H,2-3,6-8,12H2,1H3. The number of hydrogen-bond acceptors (Lipinski definition) is 5. The summed E-state index contributed by atoms with van der Waals surface area (Å²) in [6.45, 7) is 2.73. The highest BCUT2D eigenvalue weighted by atomic mass is 16.3. The number of nitrogens with zero attached hydrogens (tertiary/aromatic N) is 4. The molecule has 3 N–H and O–H groups in total. The smallest absolute Gasteiger partial charge is 0.236 e. The number of carbonyl (C=O) groups is 1. The molecule has 0 spiro atoms. The van der Waals surface area contributed by atoms with Gasteiger partial charge < -0.3 is 15.7 Å². The number of amides is 1. The molecule has 0 saturated carbocycles. The first-order valence-corrected chi connectivity index (χ1v) is 5.97. The average molecular weight is 253 g/mol. The first-order chi connectivity index (χ1) is 8.54. The van der Waals surface area contributed by atoms with Gasteiger partial charge in [0.15, 0.2) is 0 Å². The number of nitrogens with two attached hydrogens (primary N) is 1. The molecule has 1 fully saturated rings. The Kier molecular flexibility index (Phi) is 3.83. The van der Waals surface area contributed by atoms with Gasteiger partial charge in [0.2, 0.25) is 5.91 Å². The van der Waals surface area contributed by atoms with Gasteiger partial charge in [-0.25, -0.2) is 0 Å². The monoisotopic (exact) mass is 253 g/mol. The van der Waals surface area contributed by atoms with Crippen molar-refractivity contribution in [2.45, 2.75) is 12.6 Å². The first kappa shape index (κ1) is 12.8. The SMILES string of the molecule is CN1CCN(CC(O)Cn2cc(N)cn2)CC1=O. The molecule has 100 valence electrons. The minimum absolute atomic E-state index is 0.0942. The molecule has 0 aliphatic carbocycles. The number of rotatable bonds is 4. The van der Waals surface area contributed by atoms with Crippen molar-refractivity contribution in [3.05, 3.63) is 12.4 Å². The topological polar surface area (TPSA) is 87.6 Å². The van der Waals surface area contributed by atoms with Gasteiger partial charge in [0.25, 0.3) is 0 Å². The summed E-state index contributed by atoms with van der Waals surface area (Å²) in [6.07, 6.45) is 2.67. The van der Waals surface area contributed by atoms with Gasteiger partial charge in [0, 0.05) is 32.9 Å². The van der Waals surface area contributed by atoms with Crippen molar-refractivity contribution < 1.29 is 9.90 Å². The van der Waals surface area contributed by atoms with Gasteiger partial charge in [-0.05, 0) is 0 Å². The molecule has 0 aromatic carbocycles. The summed E-state index contributed by atoms with van der Waals surface area (Å²) in [7, 11) is 1.79. The summed E-state index contributed by atoms with van der Waals surface area (Å²) < 4.78 is 1.61. The average Bonchev–Trinajstić information content (AvgIpc) is 2.69. The second-order valence-electron chi connectivity index (χ2n) is 4.70. The number of aliphatic hydroxyl groups excluding tert-OH is 1. The fourth-order valence-electron chi connectivity index (χ4n) is 2.01. The second-order valence-corrected chi connectivity index (χ2v) is 4.70. The molecule has 0 bridgehead atoms. The van der Waals surface area contributed by atoms with Gasteiger partial charge in [-0.15, -0.1) is 0 Å². The van der Waals surface area contributed by atoms with E-state index in [0.717, 1.165) is 6.54 Å². The third-order valence-electron chi connectivity index (χ3n) is 3.06. The summed E-state index contributed by atoms with van der Waals surface area (Å²) in [5.74, 6) is 0.0942. The maximum absolute atomic E-state index is 11.5. The lowest BCUT2D eigenvalue weighted by atomic mass is 10.2. The van der Waals surface area contributed by atoms with Crippen molar-refractivity contribution in [3.63, 3.8) is 0 Å². The van der Waals surface area contributed by atoms with E-state index >= 15 is 0 Å². The fraction of sp³-hybridized carbons (Fsp3) is 0.636. The highest BCUT2D eigenvalue weighted by molar-refractivity contribution is 5.78. The molecular weight excluding hydrogens is 234 g/mol. The van der Waals surface area contributed by atoms with Crippen LogP contribution in [-0.4, -0.2) is 69.9 Å². The number of piperazine rings is 1. The number of aromatic nitrogens is 2. The summed E-state index contributed by atoms with van der Waals surface area (Å²) in [5.41, 5.74) is 6.13. The number of carbonyl (C=O) groups excluding carboxylic acids is 1. The Hall–Kier alpha value is -1.60. The van der Waals surface area contributed by atoms with Gasteiger partial charge in [0.1, 0.15) is 0 Å². The van der Waals surface area contributed by atoms with Crippen LogP contribution in [0.1, 0.15) is 0 Å². The zero-order valence-corrected chi connectivity index (χ0v) is 10.5. The molecule has 7 heteroatoms. The van der Waals surface area contributed by atoms with Crippen molar-refractivity contribution in [3.8, 4) is 0 Å². The first-order valence-electron chi connectivity index (χ1n) is 5.97. The predicted molar refractivity (Wildman–Crippen MR) is 66.7 cm³/mol. The van der Waals surface area contributed by atoms with E-state index in [1.165, 1.54) is 0 Å². The van der Waals surface area contributed by atoms with E-state index in [0.29, 0.717) is 31.9 Å². The third-order valence-corrected chi connectivity index (χ3v) is 3.06. The van der Waals surface area contributed by atoms with Crippen LogP contribution in [-0.2, 0) is 11.3 Å². The molecule has 1 aromatic heterocycles. The van der Waals surface area contributed by atoms with Crippen molar-refractivity contribution in [2.24, 2.45) is 0 Å². The number of β-amino-alcohol motifs (C(OH)–C–C–N with tert-alkyl or cyclic N) is 1. The van der Waals surface area contributed by atoms with Crippen LogP contribution in [0, 0.1) is 0 Å². The minimum Gasteiger partial charge on any atom is -0.396 e. The zero-order chi connectivity index (χ0) is 13.1. The van der Waals surface area contributed by atoms with Crippen LogP contribution in [0.4, 0.5) is 5.69 Å². The third kappa shape index (κ3) is 3.21. The van der Waals surface area contributed by atoms with Crippen molar-refractivity contribution in [1.82, 2.24) is 19.6 Å². The Balaban J connectivity index is 1.81. The van der Waals surface area contributed by atoms with Gasteiger partial charge in [-0.3, -0.25) is 14.4 Å². The molecule has 0 radical (unpaired) electrons. The highest BCUT2D eigenvalue weighted by Gasteiger charge is 2.22. The van der Waals surface area contributed by atoms with Crippen LogP contribution < -0.4 is 5.73 Å². The Bertz CT molecular complexity index is 419. The van der Waals surface area contributed by atoms with Crippen molar-refractivity contribution >= 4 is 11.6 Å². The summed E-state index contributed by atoms with van der Waals surface area (Å²) >= 11 is 0. The van der Waals surface area contributed by atoms with E-state index in [-0.39, 0.29) is 5.91 Å². The van der Waals surface area contributed by atoms with E-state index in [2.05, 4.69) is 5.10 Å². The van der Waals surface area contributed by atoms with Gasteiger partial charge >= 0.3 is 0 Å². The molecule has 1 saturated heterocycles. The predicted octanol–water partition coefficient (Wildman–Crippen LogP) is -1.40. The largest absolute Gasteiger partial charge is 0.396 e. The Morgan fingerprint density at radius 3 is 2.89 bits per heavy atom. The number of anilines is 1. The molecule has 1 aliphatic heterocycles. The van der Waals surface area contributed by atoms with E-state index in [1.807, 2.05) is 4.90 Å². The van der Waals surface area contributed by atoms with Crippen LogP contribution in [0.2, 0.25) is 0 Å². The van der Waals surface area contributed by atoms with Gasteiger partial charge in [-0.2, -0.15) is 5.10 Å². The molecule has 1 aromatic rings. The van der Waals surface area contributed by atoms with Crippen LogP contribution in [0.25, 0.3) is 0 Å². The van der Waals surface area contributed by atoms with Gasteiger partial charge in [-0.1, -0.05) is 0 Å². The second kappa shape index (κ2) is 5.36. The lowest BCUT2D eigenvalue weighted by molar-refractivity contribution is -0.134. The van der Waals surface area contributed by atoms with E-state index < -0.39 is 6.10 Å². The molecule has 2 rings (SSSR count). The zero-order valence-electron chi connectivity index (χ0n) is 10.5. The molecule has 7 nitrogen and oxygen atoms in total. The summed E-state index contributed by atoms with van der Waals surface area (Å²) in [4.78, 5) is 15.2. The lowest BCUT2D eigenvalue weighted by Crippen LogP contribution is -2.50. The number of likely N-dealkylation sites (N-methyl/N-ethyl adjacent to an activating group) is 1. The summed E-state index contributed by atoms with van der Waals surface area (Å²) in [5, 5.41) is 14.0. The normalized spacial score (nSPS) is 19.2. The van der Waals surface area contributed by atoms with Crippen LogP contribution in [0.15, 0.2) is 12.4 Å². The quantitative estimate of drug-likeness (QED) is 0.689. The molecule has 2 heterocycles. The van der Waals surface area contributed by atoms with Crippen molar-refractivity contribution in [2.75, 3.05) is 39.0 Å². The number of nitrogen functional groups attached to an aromatic ring is 1. The molecule has 1 unspecified atom stereocenters. The maximum Gasteiger partial charge on any atom is 0.236 e. The number of hydrogen-bond donors (Lipinski definition) is 2. The molecule has 1 atom stereocenters. The molecule has 1 amide bonds. The fourth-order valence-corrected chi connectivity index (χ4v) is 2.01. The number of aliphatic hydroxyl groups is 1. The van der Waals surface area contributed by atoms with Crippen molar-refractivity contribution in [1.29, 1.82) is 0 Å². The lowest BCUT2D eigenvalue weighted by Gasteiger charge is -2.33. The van der Waals surface area contributed by atoms with E-state index in [4.69, 9.17) is 5.73 Å². The Morgan fingerprint density at radius 1 is 1.50 bits per heavy atom. The van der Waals surface area contributed by atoms with E-state index in [1.54, 1.807) is 29.0 Å².